The molecule has 1 aliphatic rings. The number of aryl methyl sites for hydroxylation is 1. The molecular weight excluding hydrogens is 545 g/mol. The van der Waals surface area contributed by atoms with Gasteiger partial charge in [-0.1, -0.05) is 24.3 Å². The Morgan fingerprint density at radius 2 is 1.76 bits per heavy atom. The van der Waals surface area contributed by atoms with Crippen LogP contribution >= 0.6 is 0 Å². The molecular formula is C32H27F3N4O3. The molecule has 1 aliphatic heterocycles. The molecule has 1 aromatic heterocycles. The molecule has 214 valence electrons. The van der Waals surface area contributed by atoms with Crippen LogP contribution in [-0.2, 0) is 16.0 Å². The fourth-order valence-corrected chi connectivity index (χ4v) is 5.29. The maximum atomic E-state index is 14.2. The topological polar surface area (TPSA) is 114 Å². The zero-order chi connectivity index (χ0) is 30.1. The number of fused-ring (bicyclic) bond motifs is 1. The number of carbonyl (C=O) groups excluding carboxylic acids is 3. The van der Waals surface area contributed by atoms with Crippen LogP contribution in [0.3, 0.4) is 0 Å². The lowest BCUT2D eigenvalue weighted by Crippen LogP contribution is -2.33. The number of anilines is 1. The van der Waals surface area contributed by atoms with Crippen LogP contribution in [0.15, 0.2) is 66.9 Å². The third kappa shape index (κ3) is 5.74. The second kappa shape index (κ2) is 11.5. The average molecular weight is 573 g/mol. The second-order valence-electron chi connectivity index (χ2n) is 10.3. The average Bonchev–Trinajstić information content (AvgIpc) is 3.25. The quantitative estimate of drug-likeness (QED) is 0.262. The number of halogens is 3. The summed E-state index contributed by atoms with van der Waals surface area (Å²) < 4.78 is 42.4. The Kier molecular flexibility index (Phi) is 7.80. The number of amides is 3. The summed E-state index contributed by atoms with van der Waals surface area (Å²) in [5.74, 6) is -4.85. The van der Waals surface area contributed by atoms with E-state index in [4.69, 9.17) is 5.73 Å². The van der Waals surface area contributed by atoms with Gasteiger partial charge < -0.3 is 16.4 Å². The molecule has 3 amide bonds. The SMILES string of the molecule is Cc1ccc2c(c1C)NC(=O)[C@H]2CC(=O)N[C@@H](Cc1cc(F)cc(F)c1)c1ncccc1-c1ccc(F)c(C(N)=O)c1. The van der Waals surface area contributed by atoms with Crippen molar-refractivity contribution in [3.05, 3.63) is 118 Å². The highest BCUT2D eigenvalue weighted by Crippen LogP contribution is 2.38. The molecule has 0 fully saturated rings. The van der Waals surface area contributed by atoms with Crippen LogP contribution in [0.4, 0.5) is 18.9 Å². The van der Waals surface area contributed by atoms with Gasteiger partial charge in [0.15, 0.2) is 0 Å². The number of aromatic nitrogens is 1. The number of nitrogens with zero attached hydrogens (tertiary/aromatic N) is 1. The van der Waals surface area contributed by atoms with Gasteiger partial charge in [-0.2, -0.15) is 0 Å². The number of rotatable bonds is 8. The summed E-state index contributed by atoms with van der Waals surface area (Å²) in [5, 5.41) is 5.76. The number of nitrogens with one attached hydrogen (secondary N) is 2. The molecule has 2 atom stereocenters. The summed E-state index contributed by atoms with van der Waals surface area (Å²) in [6.45, 7) is 3.83. The van der Waals surface area contributed by atoms with Gasteiger partial charge in [-0.25, -0.2) is 13.2 Å². The Hall–Kier alpha value is -4.99. The van der Waals surface area contributed by atoms with E-state index in [-0.39, 0.29) is 29.9 Å². The first-order valence-corrected chi connectivity index (χ1v) is 13.2. The van der Waals surface area contributed by atoms with E-state index in [1.807, 2.05) is 26.0 Å². The number of benzene rings is 3. The minimum Gasteiger partial charge on any atom is -0.366 e. The second-order valence-corrected chi connectivity index (χ2v) is 10.3. The zero-order valence-corrected chi connectivity index (χ0v) is 22.8. The normalized spacial score (nSPS) is 14.7. The molecule has 4 N–H and O–H groups in total. The molecule has 10 heteroatoms. The van der Waals surface area contributed by atoms with E-state index in [0.29, 0.717) is 28.1 Å². The van der Waals surface area contributed by atoms with Gasteiger partial charge in [0, 0.05) is 29.9 Å². The highest BCUT2D eigenvalue weighted by atomic mass is 19.1. The Balaban J connectivity index is 1.51. The monoisotopic (exact) mass is 572 g/mol. The van der Waals surface area contributed by atoms with E-state index >= 15 is 0 Å². The van der Waals surface area contributed by atoms with Gasteiger partial charge >= 0.3 is 0 Å². The predicted octanol–water partition coefficient (Wildman–Crippen LogP) is 5.41. The number of hydrogen-bond donors (Lipinski definition) is 3. The van der Waals surface area contributed by atoms with E-state index in [2.05, 4.69) is 15.6 Å². The van der Waals surface area contributed by atoms with Crippen molar-refractivity contribution in [2.75, 3.05) is 5.32 Å². The lowest BCUT2D eigenvalue weighted by Gasteiger charge is -2.22. The molecule has 0 aliphatic carbocycles. The molecule has 0 unspecified atom stereocenters. The lowest BCUT2D eigenvalue weighted by atomic mass is 9.92. The number of hydrogen-bond acceptors (Lipinski definition) is 4. The maximum Gasteiger partial charge on any atom is 0.251 e. The highest BCUT2D eigenvalue weighted by Gasteiger charge is 2.34. The van der Waals surface area contributed by atoms with Crippen molar-refractivity contribution in [2.24, 2.45) is 5.73 Å². The van der Waals surface area contributed by atoms with Crippen LogP contribution in [0.25, 0.3) is 11.1 Å². The summed E-state index contributed by atoms with van der Waals surface area (Å²) >= 11 is 0. The standard InChI is InChI=1S/C32H27F3N4O3/c1-16-5-7-23-24(32(42)39-29(23)17(16)2)15-28(40)38-27(12-18-10-20(33)14-21(34)11-18)30-22(4-3-9-37-30)19-6-8-26(35)25(13-19)31(36)41/h3-11,13-14,24,27H,12,15H2,1-2H3,(H2,36,41)(H,38,40)(H,39,42)/t24-,27-/m0/s1. The molecule has 2 heterocycles. The third-order valence-corrected chi connectivity index (χ3v) is 7.51. The van der Waals surface area contributed by atoms with Crippen molar-refractivity contribution in [1.82, 2.24) is 10.3 Å². The van der Waals surface area contributed by atoms with E-state index in [1.54, 1.807) is 12.1 Å². The number of carbonyl (C=O) groups is 3. The Morgan fingerprint density at radius 3 is 2.48 bits per heavy atom. The molecule has 3 aromatic carbocycles. The van der Waals surface area contributed by atoms with Crippen molar-refractivity contribution in [3.8, 4) is 11.1 Å². The maximum absolute atomic E-state index is 14.2. The van der Waals surface area contributed by atoms with Gasteiger partial charge in [-0.3, -0.25) is 19.4 Å². The number of primary amides is 1. The van der Waals surface area contributed by atoms with Crippen LogP contribution < -0.4 is 16.4 Å². The van der Waals surface area contributed by atoms with E-state index in [9.17, 15) is 27.6 Å². The molecule has 4 aromatic rings. The fraction of sp³-hybridized carbons (Fsp3) is 0.188. The summed E-state index contributed by atoms with van der Waals surface area (Å²) in [4.78, 5) is 42.6. The highest BCUT2D eigenvalue weighted by molar-refractivity contribution is 6.05. The first kappa shape index (κ1) is 28.5. The van der Waals surface area contributed by atoms with Gasteiger partial charge in [0.05, 0.1) is 23.2 Å². The molecule has 0 radical (unpaired) electrons. The van der Waals surface area contributed by atoms with Gasteiger partial charge in [0.25, 0.3) is 5.91 Å². The summed E-state index contributed by atoms with van der Waals surface area (Å²) in [6, 6.07) is 12.9. The summed E-state index contributed by atoms with van der Waals surface area (Å²) in [7, 11) is 0. The van der Waals surface area contributed by atoms with Crippen LogP contribution in [0.2, 0.25) is 0 Å². The predicted molar refractivity (Wildman–Crippen MR) is 151 cm³/mol. The summed E-state index contributed by atoms with van der Waals surface area (Å²) in [5.41, 5.74) is 9.74. The largest absolute Gasteiger partial charge is 0.366 e. The molecule has 0 spiro atoms. The first-order valence-electron chi connectivity index (χ1n) is 13.2. The Bertz CT molecular complexity index is 1720. The van der Waals surface area contributed by atoms with Crippen molar-refractivity contribution in [3.63, 3.8) is 0 Å². The molecule has 0 saturated carbocycles. The Morgan fingerprint density at radius 1 is 1.02 bits per heavy atom. The van der Waals surface area contributed by atoms with Gasteiger partial charge in [-0.15, -0.1) is 0 Å². The van der Waals surface area contributed by atoms with Gasteiger partial charge in [0.2, 0.25) is 11.8 Å². The number of nitrogens with two attached hydrogens (primary N) is 1. The minimum atomic E-state index is -0.958. The Labute approximate surface area is 240 Å². The van der Waals surface area contributed by atoms with Gasteiger partial charge in [-0.05, 0) is 78.4 Å². The lowest BCUT2D eigenvalue weighted by molar-refractivity contribution is -0.125. The van der Waals surface area contributed by atoms with Gasteiger partial charge in [0.1, 0.15) is 17.5 Å². The minimum absolute atomic E-state index is 0.0555. The molecule has 42 heavy (non-hydrogen) atoms. The van der Waals surface area contributed by atoms with E-state index < -0.39 is 41.2 Å². The molecule has 0 bridgehead atoms. The third-order valence-electron chi connectivity index (χ3n) is 7.51. The van der Waals surface area contributed by atoms with Crippen LogP contribution in [-0.4, -0.2) is 22.7 Å². The van der Waals surface area contributed by atoms with Crippen molar-refractivity contribution >= 4 is 23.4 Å². The van der Waals surface area contributed by atoms with Crippen LogP contribution in [0, 0.1) is 31.3 Å². The molecule has 5 rings (SSSR count). The molecule has 7 nitrogen and oxygen atoms in total. The van der Waals surface area contributed by atoms with Crippen molar-refractivity contribution < 1.29 is 27.6 Å². The van der Waals surface area contributed by atoms with Crippen LogP contribution in [0.1, 0.15) is 56.7 Å². The smallest absolute Gasteiger partial charge is 0.251 e. The fourth-order valence-electron chi connectivity index (χ4n) is 5.29. The van der Waals surface area contributed by atoms with Crippen molar-refractivity contribution in [1.29, 1.82) is 0 Å². The first-order chi connectivity index (χ1) is 20.0. The summed E-state index contributed by atoms with van der Waals surface area (Å²) in [6.07, 6.45) is 1.24. The zero-order valence-electron chi connectivity index (χ0n) is 22.8. The van der Waals surface area contributed by atoms with Crippen molar-refractivity contribution in [2.45, 2.75) is 38.6 Å². The number of pyridine rings is 1. The van der Waals surface area contributed by atoms with E-state index in [0.717, 1.165) is 35.4 Å². The van der Waals surface area contributed by atoms with E-state index in [1.165, 1.54) is 18.3 Å². The molecule has 0 saturated heterocycles. The van der Waals surface area contributed by atoms with Crippen LogP contribution in [0.5, 0.6) is 0 Å².